The van der Waals surface area contributed by atoms with E-state index in [-0.39, 0.29) is 24.3 Å². The highest BCUT2D eigenvalue weighted by atomic mass is 16.3. The van der Waals surface area contributed by atoms with E-state index in [0.29, 0.717) is 31.2 Å². The fourth-order valence-corrected chi connectivity index (χ4v) is 3.73. The van der Waals surface area contributed by atoms with Gasteiger partial charge >= 0.3 is 0 Å². The van der Waals surface area contributed by atoms with E-state index in [9.17, 15) is 4.79 Å². The first-order valence-corrected chi connectivity index (χ1v) is 9.92. The molecule has 4 rings (SSSR count). The molecular weight excluding hydrogens is 384 g/mol. The lowest BCUT2D eigenvalue weighted by atomic mass is 9.99. The van der Waals surface area contributed by atoms with Gasteiger partial charge in [-0.25, -0.2) is 9.67 Å². The number of benzene rings is 1. The maximum absolute atomic E-state index is 13.2. The van der Waals surface area contributed by atoms with Crippen LogP contribution in [0, 0.1) is 5.92 Å². The Kier molecular flexibility index (Phi) is 6.61. The van der Waals surface area contributed by atoms with Crippen molar-refractivity contribution in [3.05, 3.63) is 54.1 Å². The zero-order valence-electron chi connectivity index (χ0n) is 17.3. The van der Waals surface area contributed by atoms with E-state index in [1.807, 2.05) is 46.8 Å². The molecule has 3 aromatic rings. The third-order valence-corrected chi connectivity index (χ3v) is 5.01. The van der Waals surface area contributed by atoms with Crippen LogP contribution in [0.1, 0.15) is 43.1 Å². The van der Waals surface area contributed by atoms with Crippen LogP contribution in [0.5, 0.6) is 0 Å². The van der Waals surface area contributed by atoms with Gasteiger partial charge in [0.25, 0.3) is 12.4 Å². The summed E-state index contributed by atoms with van der Waals surface area (Å²) >= 11 is 0. The Labute approximate surface area is 175 Å². The van der Waals surface area contributed by atoms with Gasteiger partial charge in [0.05, 0.1) is 12.6 Å². The van der Waals surface area contributed by atoms with Crippen molar-refractivity contribution in [1.82, 2.24) is 29.4 Å². The highest BCUT2D eigenvalue weighted by Gasteiger charge is 2.37. The highest BCUT2D eigenvalue weighted by Crippen LogP contribution is 2.33. The number of hydrogen-bond donors (Lipinski definition) is 1. The van der Waals surface area contributed by atoms with Crippen LogP contribution in [0.15, 0.2) is 42.6 Å². The lowest BCUT2D eigenvalue weighted by Gasteiger charge is -2.37. The molecule has 0 saturated carbocycles. The van der Waals surface area contributed by atoms with Gasteiger partial charge in [-0.3, -0.25) is 14.3 Å². The van der Waals surface area contributed by atoms with Crippen molar-refractivity contribution in [2.45, 2.75) is 39.9 Å². The fourth-order valence-electron chi connectivity index (χ4n) is 3.73. The van der Waals surface area contributed by atoms with Gasteiger partial charge in [-0.05, 0) is 18.9 Å². The van der Waals surface area contributed by atoms with Crippen molar-refractivity contribution >= 4 is 12.4 Å². The summed E-state index contributed by atoms with van der Waals surface area (Å²) in [5.41, 5.74) is 1.61. The molecule has 0 bridgehead atoms. The summed E-state index contributed by atoms with van der Waals surface area (Å²) in [7, 11) is 0. The van der Waals surface area contributed by atoms with Crippen molar-refractivity contribution in [2.24, 2.45) is 5.92 Å². The summed E-state index contributed by atoms with van der Waals surface area (Å²) in [6.45, 7) is 7.90. The predicted octanol–water partition coefficient (Wildman–Crippen LogP) is 2.72. The van der Waals surface area contributed by atoms with Crippen molar-refractivity contribution < 1.29 is 14.7 Å². The number of hydrogen-bond acceptors (Lipinski definition) is 5. The molecule has 1 atom stereocenters. The van der Waals surface area contributed by atoms with Crippen LogP contribution < -0.4 is 0 Å². The number of rotatable bonds is 4. The second-order valence-corrected chi connectivity index (χ2v) is 7.21. The Balaban J connectivity index is 0.000000806. The molecule has 9 heteroatoms. The average Bonchev–Trinajstić information content (AvgIpc) is 3.40. The first-order valence-electron chi connectivity index (χ1n) is 9.92. The molecule has 9 nitrogen and oxygen atoms in total. The number of fused-ring (bicyclic) bond motifs is 1. The van der Waals surface area contributed by atoms with E-state index in [1.165, 1.54) is 0 Å². The second kappa shape index (κ2) is 9.34. The van der Waals surface area contributed by atoms with Gasteiger partial charge in [0, 0.05) is 24.8 Å². The third kappa shape index (κ3) is 4.10. The van der Waals surface area contributed by atoms with Gasteiger partial charge in [0.15, 0.2) is 11.6 Å². The maximum Gasteiger partial charge on any atom is 0.290 e. The smallest absolute Gasteiger partial charge is 0.290 e. The topological polar surface area (TPSA) is 106 Å². The van der Waals surface area contributed by atoms with Gasteiger partial charge in [-0.15, -0.1) is 0 Å². The minimum Gasteiger partial charge on any atom is -0.483 e. The molecule has 1 aliphatic rings. The molecule has 2 aromatic heterocycles. The summed E-state index contributed by atoms with van der Waals surface area (Å²) in [4.78, 5) is 28.3. The van der Waals surface area contributed by atoms with E-state index >= 15 is 0 Å². The largest absolute Gasteiger partial charge is 0.483 e. The van der Waals surface area contributed by atoms with Crippen molar-refractivity contribution in [2.75, 3.05) is 6.54 Å². The minimum absolute atomic E-state index is 0.00330. The first-order chi connectivity index (χ1) is 14.5. The Morgan fingerprint density at radius 2 is 1.93 bits per heavy atom. The number of amides is 1. The van der Waals surface area contributed by atoms with Gasteiger partial charge in [-0.2, -0.15) is 10.2 Å². The first kappa shape index (κ1) is 21.2. The molecule has 1 N–H and O–H groups in total. The van der Waals surface area contributed by atoms with Crippen LogP contribution in [-0.4, -0.2) is 53.5 Å². The molecule has 0 radical (unpaired) electrons. The molecular formula is C21H26N6O3. The molecule has 0 fully saturated rings. The van der Waals surface area contributed by atoms with Crippen molar-refractivity contribution in [1.29, 1.82) is 0 Å². The third-order valence-electron chi connectivity index (χ3n) is 5.01. The SMILES string of the molecule is CCn1nccc1C(=O)N1CCn2nc(-c3ccccc3)nc2[C@@H]1C(C)C.O=CO. The van der Waals surface area contributed by atoms with E-state index < -0.39 is 0 Å². The van der Waals surface area contributed by atoms with Gasteiger partial charge in [-0.1, -0.05) is 44.2 Å². The molecule has 1 aliphatic heterocycles. The summed E-state index contributed by atoms with van der Waals surface area (Å²) < 4.78 is 3.70. The Morgan fingerprint density at radius 3 is 2.57 bits per heavy atom. The Hall–Kier alpha value is -3.49. The lowest BCUT2D eigenvalue weighted by molar-refractivity contribution is -0.122. The molecule has 0 aliphatic carbocycles. The number of aromatic nitrogens is 5. The summed E-state index contributed by atoms with van der Waals surface area (Å²) in [5, 5.41) is 15.8. The molecule has 1 aromatic carbocycles. The second-order valence-electron chi connectivity index (χ2n) is 7.21. The lowest BCUT2D eigenvalue weighted by Crippen LogP contribution is -2.45. The zero-order chi connectivity index (χ0) is 21.7. The van der Waals surface area contributed by atoms with E-state index in [2.05, 4.69) is 18.9 Å². The van der Waals surface area contributed by atoms with E-state index in [4.69, 9.17) is 20.0 Å². The normalized spacial score (nSPS) is 15.3. The maximum atomic E-state index is 13.2. The molecule has 0 spiro atoms. The van der Waals surface area contributed by atoms with Crippen LogP contribution in [0.3, 0.4) is 0 Å². The van der Waals surface area contributed by atoms with Crippen LogP contribution in [0.25, 0.3) is 11.4 Å². The molecule has 1 amide bonds. The zero-order valence-corrected chi connectivity index (χ0v) is 17.3. The monoisotopic (exact) mass is 410 g/mol. The van der Waals surface area contributed by atoms with Crippen LogP contribution in [-0.2, 0) is 17.9 Å². The quantitative estimate of drug-likeness (QED) is 0.663. The Bertz CT molecular complexity index is 995. The van der Waals surface area contributed by atoms with Crippen LogP contribution >= 0.6 is 0 Å². The number of carbonyl (C=O) groups is 2. The van der Waals surface area contributed by atoms with E-state index in [1.54, 1.807) is 16.9 Å². The summed E-state index contributed by atoms with van der Waals surface area (Å²) in [5.74, 6) is 1.79. The molecule has 3 heterocycles. The average molecular weight is 410 g/mol. The number of aryl methyl sites for hydroxylation is 1. The minimum atomic E-state index is -0.250. The highest BCUT2D eigenvalue weighted by molar-refractivity contribution is 5.93. The van der Waals surface area contributed by atoms with Crippen LogP contribution in [0.2, 0.25) is 0 Å². The van der Waals surface area contributed by atoms with Gasteiger partial charge in [0.1, 0.15) is 5.69 Å². The van der Waals surface area contributed by atoms with Gasteiger partial charge < -0.3 is 10.0 Å². The number of carboxylic acid groups (broad SMARTS) is 1. The summed E-state index contributed by atoms with van der Waals surface area (Å²) in [6, 6.07) is 11.6. The van der Waals surface area contributed by atoms with Crippen LogP contribution in [0.4, 0.5) is 0 Å². The van der Waals surface area contributed by atoms with Crippen molar-refractivity contribution in [3.8, 4) is 11.4 Å². The Morgan fingerprint density at radius 1 is 1.23 bits per heavy atom. The van der Waals surface area contributed by atoms with Gasteiger partial charge in [0.2, 0.25) is 0 Å². The standard InChI is InChI=1S/C20H24N6O.CH2O2/c1-4-25-16(10-11-21-25)20(27)24-12-13-26-19(17(24)14(2)3)22-18(23-26)15-8-6-5-7-9-15;2-1-3/h5-11,14,17H,4,12-13H2,1-3H3;1H,(H,2,3)/t17-;/m0./s1. The summed E-state index contributed by atoms with van der Waals surface area (Å²) in [6.07, 6.45) is 1.68. The van der Waals surface area contributed by atoms with E-state index in [0.717, 1.165) is 11.4 Å². The molecule has 0 unspecified atom stereocenters. The number of carbonyl (C=O) groups excluding carboxylic acids is 1. The predicted molar refractivity (Wildman–Crippen MR) is 111 cm³/mol. The molecule has 30 heavy (non-hydrogen) atoms. The molecule has 158 valence electrons. The number of nitrogens with zero attached hydrogens (tertiary/aromatic N) is 6. The fraction of sp³-hybridized carbons (Fsp3) is 0.381. The molecule has 0 saturated heterocycles. The van der Waals surface area contributed by atoms with Crippen molar-refractivity contribution in [3.63, 3.8) is 0 Å².